The summed E-state index contributed by atoms with van der Waals surface area (Å²) in [5, 5.41) is 7.32. The molecule has 0 aliphatic heterocycles. The molecule has 0 atom stereocenters. The Morgan fingerprint density at radius 1 is 1.50 bits per heavy atom. The molecule has 3 nitrogen and oxygen atoms in total. The molecule has 0 saturated heterocycles. The maximum atomic E-state index is 14.1. The molecule has 18 heavy (non-hydrogen) atoms. The van der Waals surface area contributed by atoms with Gasteiger partial charge in [-0.15, -0.1) is 0 Å². The van der Waals surface area contributed by atoms with Crippen molar-refractivity contribution >= 4 is 11.5 Å². The lowest BCUT2D eigenvalue weighted by Crippen LogP contribution is -2.28. The van der Waals surface area contributed by atoms with Crippen molar-refractivity contribution in [1.29, 1.82) is 5.41 Å². The molecule has 0 radical (unpaired) electrons. The van der Waals surface area contributed by atoms with Crippen LogP contribution in [0.25, 0.3) is 0 Å². The van der Waals surface area contributed by atoms with Gasteiger partial charge in [-0.2, -0.15) is 0 Å². The van der Waals surface area contributed by atoms with E-state index >= 15 is 0 Å². The Morgan fingerprint density at radius 3 is 2.72 bits per heavy atom. The molecule has 1 aromatic carbocycles. The molecule has 0 aromatic heterocycles. The zero-order valence-corrected chi connectivity index (χ0v) is 10.7. The Morgan fingerprint density at radius 2 is 2.22 bits per heavy atom. The number of rotatable bonds is 6. The summed E-state index contributed by atoms with van der Waals surface area (Å²) >= 11 is 0. The lowest BCUT2D eigenvalue weighted by atomic mass is 10.1. The quantitative estimate of drug-likeness (QED) is 0.601. The molecule has 98 valence electrons. The van der Waals surface area contributed by atoms with Crippen molar-refractivity contribution < 1.29 is 4.39 Å². The second kappa shape index (κ2) is 5.38. The van der Waals surface area contributed by atoms with Crippen LogP contribution in [0.5, 0.6) is 0 Å². The second-order valence-corrected chi connectivity index (χ2v) is 4.86. The third-order valence-electron chi connectivity index (χ3n) is 3.31. The van der Waals surface area contributed by atoms with Crippen molar-refractivity contribution in [1.82, 2.24) is 0 Å². The minimum atomic E-state index is -0.272. The Labute approximate surface area is 107 Å². The zero-order valence-electron chi connectivity index (χ0n) is 10.7. The van der Waals surface area contributed by atoms with Crippen molar-refractivity contribution in [3.63, 3.8) is 0 Å². The summed E-state index contributed by atoms with van der Waals surface area (Å²) in [7, 11) is 0. The number of nitrogen functional groups attached to an aromatic ring is 1. The number of nitrogens with two attached hydrogens (primary N) is 1. The fourth-order valence-corrected chi connectivity index (χ4v) is 2.12. The van der Waals surface area contributed by atoms with E-state index in [4.69, 9.17) is 11.1 Å². The normalized spacial score (nSPS) is 14.6. The first-order valence-corrected chi connectivity index (χ1v) is 6.54. The first kappa shape index (κ1) is 12.9. The number of hydrogen-bond donors (Lipinski definition) is 2. The van der Waals surface area contributed by atoms with E-state index in [1.807, 2.05) is 0 Å². The summed E-state index contributed by atoms with van der Waals surface area (Å²) in [5.74, 6) is -0.363. The van der Waals surface area contributed by atoms with Crippen LogP contribution in [0.4, 0.5) is 10.1 Å². The molecular formula is C14H20FN3. The van der Waals surface area contributed by atoms with Gasteiger partial charge in [0.2, 0.25) is 0 Å². The summed E-state index contributed by atoms with van der Waals surface area (Å²) in [6, 6.07) is 5.33. The van der Waals surface area contributed by atoms with E-state index in [0.717, 1.165) is 32.2 Å². The fraction of sp³-hybridized carbons (Fsp3) is 0.500. The van der Waals surface area contributed by atoms with Gasteiger partial charge in [0, 0.05) is 18.2 Å². The molecule has 1 aliphatic carbocycles. The number of unbranched alkanes of at least 4 members (excludes halogenated alkanes) is 1. The molecule has 2 rings (SSSR count). The fourth-order valence-electron chi connectivity index (χ4n) is 2.12. The molecule has 0 spiro atoms. The number of anilines is 1. The molecule has 4 heteroatoms. The molecular weight excluding hydrogens is 229 g/mol. The number of halogens is 1. The molecule has 3 N–H and O–H groups in total. The predicted octanol–water partition coefficient (Wildman–Crippen LogP) is 2.88. The smallest absolute Gasteiger partial charge is 0.147 e. The standard InChI is InChI=1S/C14H20FN3/c1-2-3-8-18(11-5-6-11)13-7-4-10(14(16)17)9-12(13)15/h4,7,9,11H,2-3,5-6,8H2,1H3,(H3,16,17). The van der Waals surface area contributed by atoms with E-state index in [9.17, 15) is 4.39 Å². The molecule has 0 amide bonds. The van der Waals surface area contributed by atoms with Gasteiger partial charge in [-0.25, -0.2) is 4.39 Å². The molecule has 1 saturated carbocycles. The summed E-state index contributed by atoms with van der Waals surface area (Å²) in [6.45, 7) is 3.04. The predicted molar refractivity (Wildman–Crippen MR) is 72.7 cm³/mol. The van der Waals surface area contributed by atoms with Crippen LogP contribution in [0.3, 0.4) is 0 Å². The molecule has 0 bridgehead atoms. The number of hydrogen-bond acceptors (Lipinski definition) is 2. The molecule has 0 heterocycles. The van der Waals surface area contributed by atoms with Gasteiger partial charge in [-0.1, -0.05) is 13.3 Å². The summed E-state index contributed by atoms with van der Waals surface area (Å²) in [4.78, 5) is 2.16. The van der Waals surface area contributed by atoms with Crippen LogP contribution in [-0.4, -0.2) is 18.4 Å². The van der Waals surface area contributed by atoms with Gasteiger partial charge in [0.1, 0.15) is 11.7 Å². The minimum Gasteiger partial charge on any atom is -0.384 e. The van der Waals surface area contributed by atoms with Crippen LogP contribution in [0.1, 0.15) is 38.2 Å². The third kappa shape index (κ3) is 2.81. The number of nitrogens with zero attached hydrogens (tertiary/aromatic N) is 1. The number of benzene rings is 1. The van der Waals surface area contributed by atoms with Gasteiger partial charge in [0.25, 0.3) is 0 Å². The second-order valence-electron chi connectivity index (χ2n) is 4.86. The van der Waals surface area contributed by atoms with Crippen LogP contribution >= 0.6 is 0 Å². The van der Waals surface area contributed by atoms with E-state index in [1.165, 1.54) is 6.07 Å². The molecule has 1 fully saturated rings. The van der Waals surface area contributed by atoms with E-state index in [2.05, 4.69) is 11.8 Å². The maximum Gasteiger partial charge on any atom is 0.147 e. The average molecular weight is 249 g/mol. The Hall–Kier alpha value is -1.58. The molecule has 1 aromatic rings. The van der Waals surface area contributed by atoms with E-state index in [-0.39, 0.29) is 11.7 Å². The largest absolute Gasteiger partial charge is 0.384 e. The van der Waals surface area contributed by atoms with Crippen molar-refractivity contribution in [3.05, 3.63) is 29.6 Å². The highest BCUT2D eigenvalue weighted by Crippen LogP contribution is 2.33. The van der Waals surface area contributed by atoms with Gasteiger partial charge in [-0.3, -0.25) is 5.41 Å². The van der Waals surface area contributed by atoms with Crippen LogP contribution in [0, 0.1) is 11.2 Å². The van der Waals surface area contributed by atoms with Crippen molar-refractivity contribution in [2.75, 3.05) is 11.4 Å². The van der Waals surface area contributed by atoms with Crippen molar-refractivity contribution in [3.8, 4) is 0 Å². The summed E-state index contributed by atoms with van der Waals surface area (Å²) in [5.41, 5.74) is 6.46. The third-order valence-corrected chi connectivity index (χ3v) is 3.31. The van der Waals surface area contributed by atoms with Gasteiger partial charge < -0.3 is 10.6 Å². The van der Waals surface area contributed by atoms with E-state index in [0.29, 0.717) is 17.3 Å². The monoisotopic (exact) mass is 249 g/mol. The first-order chi connectivity index (χ1) is 8.63. The number of amidine groups is 1. The first-order valence-electron chi connectivity index (χ1n) is 6.54. The highest BCUT2D eigenvalue weighted by atomic mass is 19.1. The van der Waals surface area contributed by atoms with Crippen molar-refractivity contribution in [2.45, 2.75) is 38.6 Å². The van der Waals surface area contributed by atoms with Crippen LogP contribution in [0.15, 0.2) is 18.2 Å². The van der Waals surface area contributed by atoms with Gasteiger partial charge in [0.15, 0.2) is 0 Å². The number of nitrogens with one attached hydrogen (secondary N) is 1. The van der Waals surface area contributed by atoms with Gasteiger partial charge in [0.05, 0.1) is 5.69 Å². The lowest BCUT2D eigenvalue weighted by Gasteiger charge is -2.25. The average Bonchev–Trinajstić information content (AvgIpc) is 3.15. The van der Waals surface area contributed by atoms with Gasteiger partial charge in [-0.05, 0) is 37.5 Å². The zero-order chi connectivity index (χ0) is 13.1. The van der Waals surface area contributed by atoms with Crippen LogP contribution in [0.2, 0.25) is 0 Å². The lowest BCUT2D eigenvalue weighted by molar-refractivity contribution is 0.609. The highest BCUT2D eigenvalue weighted by molar-refractivity contribution is 5.95. The van der Waals surface area contributed by atoms with Crippen LogP contribution in [-0.2, 0) is 0 Å². The Bertz CT molecular complexity index is 441. The SMILES string of the molecule is CCCCN(c1ccc(C(=N)N)cc1F)C1CC1. The maximum absolute atomic E-state index is 14.1. The summed E-state index contributed by atoms with van der Waals surface area (Å²) < 4.78 is 14.1. The van der Waals surface area contributed by atoms with Crippen LogP contribution < -0.4 is 10.6 Å². The summed E-state index contributed by atoms with van der Waals surface area (Å²) in [6.07, 6.45) is 4.48. The van der Waals surface area contributed by atoms with E-state index < -0.39 is 0 Å². The van der Waals surface area contributed by atoms with E-state index in [1.54, 1.807) is 12.1 Å². The highest BCUT2D eigenvalue weighted by Gasteiger charge is 2.30. The molecule has 0 unspecified atom stereocenters. The van der Waals surface area contributed by atoms with Gasteiger partial charge >= 0.3 is 0 Å². The topological polar surface area (TPSA) is 53.1 Å². The Kier molecular flexibility index (Phi) is 3.84. The van der Waals surface area contributed by atoms with Crippen molar-refractivity contribution in [2.24, 2.45) is 5.73 Å². The molecule has 1 aliphatic rings. The minimum absolute atomic E-state index is 0.0908. The Balaban J connectivity index is 2.21.